The lowest BCUT2D eigenvalue weighted by atomic mass is 9.94. The molecule has 0 aliphatic carbocycles. The van der Waals surface area contributed by atoms with Crippen LogP contribution < -0.4 is 10.5 Å². The third-order valence-electron chi connectivity index (χ3n) is 2.17. The Bertz CT molecular complexity index is 310. The Labute approximate surface area is 97.7 Å². The molecule has 0 aromatic heterocycles. The van der Waals surface area contributed by atoms with Crippen LogP contribution in [0.3, 0.4) is 0 Å². The van der Waals surface area contributed by atoms with Crippen LogP contribution in [-0.4, -0.2) is 25.7 Å². The molecule has 0 spiro atoms. The molecule has 0 atom stereocenters. The lowest BCUT2D eigenvalue weighted by Gasteiger charge is -2.23. The molecule has 15 heavy (non-hydrogen) atoms. The zero-order chi connectivity index (χ0) is 12.1. The number of rotatable bonds is 7. The molecule has 6 heteroatoms. The van der Waals surface area contributed by atoms with Crippen molar-refractivity contribution in [2.45, 2.75) is 33.6 Å². The van der Waals surface area contributed by atoms with Gasteiger partial charge in [-0.15, -0.1) is 0 Å². The van der Waals surface area contributed by atoms with Crippen LogP contribution >= 0.6 is 12.2 Å². The molecule has 0 heterocycles. The summed E-state index contributed by atoms with van der Waals surface area (Å²) >= 11 is 4.85. The van der Waals surface area contributed by atoms with E-state index < -0.39 is 15.4 Å². The lowest BCUT2D eigenvalue weighted by molar-refractivity contribution is 0.501. The highest BCUT2D eigenvalue weighted by molar-refractivity contribution is 7.89. The van der Waals surface area contributed by atoms with Crippen LogP contribution in [0.2, 0.25) is 0 Å². The number of sulfonamides is 1. The van der Waals surface area contributed by atoms with E-state index in [1.165, 1.54) is 0 Å². The highest BCUT2D eigenvalue weighted by Crippen LogP contribution is 2.14. The standard InChI is InChI=1S/C9H20N2O2S2/c1-4-5-6-15(12,13)11-7-9(2,3)8(10)14/h11H,4-7H2,1-3H3,(H2,10,14). The Hall–Kier alpha value is -0.200. The molecule has 0 rings (SSSR count). The van der Waals surface area contributed by atoms with E-state index in [9.17, 15) is 8.42 Å². The highest BCUT2D eigenvalue weighted by Gasteiger charge is 2.23. The summed E-state index contributed by atoms with van der Waals surface area (Å²) in [6.07, 6.45) is 1.53. The van der Waals surface area contributed by atoms with E-state index in [2.05, 4.69) is 4.72 Å². The quantitative estimate of drug-likeness (QED) is 0.664. The highest BCUT2D eigenvalue weighted by atomic mass is 32.2. The second kappa shape index (κ2) is 5.77. The first-order valence-electron chi connectivity index (χ1n) is 4.98. The third-order valence-corrected chi connectivity index (χ3v) is 4.13. The summed E-state index contributed by atoms with van der Waals surface area (Å²) in [6, 6.07) is 0. The number of nitrogens with one attached hydrogen (secondary N) is 1. The van der Waals surface area contributed by atoms with Crippen molar-refractivity contribution >= 4 is 27.2 Å². The van der Waals surface area contributed by atoms with Crippen molar-refractivity contribution in [1.82, 2.24) is 4.72 Å². The normalized spacial score (nSPS) is 12.7. The minimum atomic E-state index is -3.18. The van der Waals surface area contributed by atoms with E-state index >= 15 is 0 Å². The first-order valence-corrected chi connectivity index (χ1v) is 7.04. The van der Waals surface area contributed by atoms with Crippen molar-refractivity contribution in [3.63, 3.8) is 0 Å². The van der Waals surface area contributed by atoms with E-state index in [-0.39, 0.29) is 12.3 Å². The zero-order valence-corrected chi connectivity index (χ0v) is 11.2. The van der Waals surface area contributed by atoms with Crippen LogP contribution in [-0.2, 0) is 10.0 Å². The van der Waals surface area contributed by atoms with Gasteiger partial charge in [-0.2, -0.15) is 0 Å². The molecule has 0 saturated heterocycles. The molecule has 0 aromatic rings. The third kappa shape index (κ3) is 6.06. The van der Waals surface area contributed by atoms with Gasteiger partial charge < -0.3 is 5.73 Å². The van der Waals surface area contributed by atoms with Gasteiger partial charge in [-0.3, -0.25) is 0 Å². The first-order chi connectivity index (χ1) is 6.71. The molecule has 0 aromatic carbocycles. The predicted octanol–water partition coefficient (Wildman–Crippen LogP) is 1.02. The minimum absolute atomic E-state index is 0.164. The van der Waals surface area contributed by atoms with Gasteiger partial charge in [-0.25, -0.2) is 13.1 Å². The van der Waals surface area contributed by atoms with Gasteiger partial charge in [-0.05, 0) is 6.42 Å². The second-order valence-corrected chi connectivity index (χ2v) is 6.61. The van der Waals surface area contributed by atoms with Crippen LogP contribution in [0.5, 0.6) is 0 Å². The van der Waals surface area contributed by atoms with Crippen LogP contribution in [0.4, 0.5) is 0 Å². The maximum Gasteiger partial charge on any atom is 0.211 e. The molecular formula is C9H20N2O2S2. The van der Waals surface area contributed by atoms with Gasteiger partial charge in [0.2, 0.25) is 10.0 Å². The van der Waals surface area contributed by atoms with Crippen molar-refractivity contribution in [3.05, 3.63) is 0 Å². The fourth-order valence-electron chi connectivity index (χ4n) is 0.784. The van der Waals surface area contributed by atoms with Gasteiger partial charge in [0.25, 0.3) is 0 Å². The molecular weight excluding hydrogens is 232 g/mol. The predicted molar refractivity (Wildman–Crippen MR) is 67.3 cm³/mol. The summed E-state index contributed by atoms with van der Waals surface area (Å²) in [5.41, 5.74) is 5.02. The Balaban J connectivity index is 4.21. The van der Waals surface area contributed by atoms with Gasteiger partial charge in [0, 0.05) is 12.0 Å². The zero-order valence-electron chi connectivity index (χ0n) is 9.54. The van der Waals surface area contributed by atoms with Gasteiger partial charge in [-0.1, -0.05) is 39.4 Å². The topological polar surface area (TPSA) is 72.2 Å². The van der Waals surface area contributed by atoms with E-state index in [0.717, 1.165) is 6.42 Å². The Morgan fingerprint density at radius 3 is 2.40 bits per heavy atom. The maximum absolute atomic E-state index is 11.5. The molecule has 0 amide bonds. The number of nitrogens with two attached hydrogens (primary N) is 1. The number of hydrogen-bond donors (Lipinski definition) is 2. The fraction of sp³-hybridized carbons (Fsp3) is 0.889. The average molecular weight is 252 g/mol. The summed E-state index contributed by atoms with van der Waals surface area (Å²) in [5.74, 6) is 0.164. The van der Waals surface area contributed by atoms with Crippen molar-refractivity contribution < 1.29 is 8.42 Å². The number of hydrogen-bond acceptors (Lipinski definition) is 3. The molecule has 0 bridgehead atoms. The van der Waals surface area contributed by atoms with E-state index in [1.807, 2.05) is 20.8 Å². The first kappa shape index (κ1) is 14.8. The molecule has 4 nitrogen and oxygen atoms in total. The molecule has 0 fully saturated rings. The van der Waals surface area contributed by atoms with Crippen molar-refractivity contribution in [2.24, 2.45) is 11.1 Å². The van der Waals surface area contributed by atoms with Crippen molar-refractivity contribution in [3.8, 4) is 0 Å². The second-order valence-electron chi connectivity index (χ2n) is 4.24. The average Bonchev–Trinajstić information content (AvgIpc) is 2.12. The summed E-state index contributed by atoms with van der Waals surface area (Å²) in [5, 5.41) is 0. The molecule has 0 saturated carbocycles. The fourth-order valence-corrected chi connectivity index (χ4v) is 2.25. The van der Waals surface area contributed by atoms with Gasteiger partial charge >= 0.3 is 0 Å². The Kier molecular flexibility index (Phi) is 5.69. The lowest BCUT2D eigenvalue weighted by Crippen LogP contribution is -2.42. The summed E-state index contributed by atoms with van der Waals surface area (Å²) in [7, 11) is -3.18. The SMILES string of the molecule is CCCCS(=O)(=O)NCC(C)(C)C(N)=S. The van der Waals surface area contributed by atoms with Crippen LogP contribution in [0.1, 0.15) is 33.6 Å². The molecule has 0 aliphatic heterocycles. The van der Waals surface area contributed by atoms with Gasteiger partial charge in [0.1, 0.15) is 0 Å². The number of unbranched alkanes of at least 4 members (excludes halogenated alkanes) is 1. The van der Waals surface area contributed by atoms with Gasteiger partial charge in [0.15, 0.2) is 0 Å². The Morgan fingerprint density at radius 1 is 1.47 bits per heavy atom. The van der Waals surface area contributed by atoms with E-state index in [0.29, 0.717) is 11.4 Å². The molecule has 90 valence electrons. The van der Waals surface area contributed by atoms with Crippen LogP contribution in [0.15, 0.2) is 0 Å². The summed E-state index contributed by atoms with van der Waals surface area (Å²) in [6.45, 7) is 5.85. The Morgan fingerprint density at radius 2 is 2.00 bits per heavy atom. The summed E-state index contributed by atoms with van der Waals surface area (Å²) < 4.78 is 25.4. The van der Waals surface area contributed by atoms with Crippen LogP contribution in [0.25, 0.3) is 0 Å². The largest absolute Gasteiger partial charge is 0.393 e. The summed E-state index contributed by atoms with van der Waals surface area (Å²) in [4.78, 5) is 0.320. The minimum Gasteiger partial charge on any atom is -0.393 e. The van der Waals surface area contributed by atoms with Gasteiger partial charge in [0.05, 0.1) is 10.7 Å². The smallest absolute Gasteiger partial charge is 0.211 e. The monoisotopic (exact) mass is 252 g/mol. The molecule has 0 aliphatic rings. The molecule has 0 radical (unpaired) electrons. The van der Waals surface area contributed by atoms with E-state index in [4.69, 9.17) is 18.0 Å². The van der Waals surface area contributed by atoms with Crippen molar-refractivity contribution in [1.29, 1.82) is 0 Å². The molecule has 3 N–H and O–H groups in total. The molecule has 0 unspecified atom stereocenters. The van der Waals surface area contributed by atoms with E-state index in [1.54, 1.807) is 0 Å². The van der Waals surface area contributed by atoms with Crippen molar-refractivity contribution in [2.75, 3.05) is 12.3 Å². The maximum atomic E-state index is 11.5. The number of thiocarbonyl (C=S) groups is 1. The van der Waals surface area contributed by atoms with Crippen LogP contribution in [0, 0.1) is 5.41 Å².